The number of unbranched alkanes of at least 4 members (excludes halogenated alkanes) is 43. The fourth-order valence-electron chi connectivity index (χ4n) is 10.1. The highest BCUT2D eigenvalue weighted by Crippen LogP contribution is 2.19. The van der Waals surface area contributed by atoms with Crippen molar-refractivity contribution >= 4 is 11.9 Å². The minimum atomic E-state index is -0.790. The Labute approximate surface area is 443 Å². The smallest absolute Gasteiger partial charge is 0.306 e. The van der Waals surface area contributed by atoms with E-state index in [4.69, 9.17) is 4.74 Å². The van der Waals surface area contributed by atoms with Crippen molar-refractivity contribution in [3.63, 3.8) is 0 Å². The van der Waals surface area contributed by atoms with E-state index < -0.39 is 18.2 Å². The Bertz CT molecular complexity index is 1120. The van der Waals surface area contributed by atoms with Crippen LogP contribution in [0.2, 0.25) is 0 Å². The van der Waals surface area contributed by atoms with Gasteiger partial charge in [-0.15, -0.1) is 0 Å². The van der Waals surface area contributed by atoms with Gasteiger partial charge in [-0.05, 0) is 77.0 Å². The molecular formula is C65H125NO5. The molecule has 0 saturated carbocycles. The van der Waals surface area contributed by atoms with E-state index in [0.29, 0.717) is 19.3 Å². The van der Waals surface area contributed by atoms with E-state index in [1.165, 1.54) is 250 Å². The summed E-state index contributed by atoms with van der Waals surface area (Å²) in [5.74, 6) is -0.469. The first-order valence-electron chi connectivity index (χ1n) is 32.1. The monoisotopic (exact) mass is 1000 g/mol. The molecule has 420 valence electrons. The second-order valence-electron chi connectivity index (χ2n) is 22.2. The molecule has 1 amide bonds. The van der Waals surface area contributed by atoms with Gasteiger partial charge in [0.25, 0.3) is 0 Å². The van der Waals surface area contributed by atoms with Crippen molar-refractivity contribution < 1.29 is 24.5 Å². The average Bonchev–Trinajstić information content (AvgIpc) is 3.36. The molecule has 0 aromatic carbocycles. The Kier molecular flexibility index (Phi) is 57.8. The lowest BCUT2D eigenvalue weighted by molar-refractivity contribution is -0.151. The molecule has 0 radical (unpaired) electrons. The van der Waals surface area contributed by atoms with Crippen molar-refractivity contribution in [3.8, 4) is 0 Å². The molecule has 3 N–H and O–H groups in total. The number of nitrogens with one attached hydrogen (secondary N) is 1. The van der Waals surface area contributed by atoms with E-state index >= 15 is 0 Å². The molecule has 6 nitrogen and oxygen atoms in total. The van der Waals surface area contributed by atoms with Crippen molar-refractivity contribution in [1.82, 2.24) is 5.32 Å². The molecule has 0 aliphatic rings. The molecule has 0 spiro atoms. The molecule has 3 unspecified atom stereocenters. The number of aliphatic hydroxyl groups excluding tert-OH is 2. The number of rotatable bonds is 59. The van der Waals surface area contributed by atoms with Crippen molar-refractivity contribution in [3.05, 3.63) is 24.3 Å². The molecule has 0 rings (SSSR count). The molecule has 6 heteroatoms. The summed E-state index contributed by atoms with van der Waals surface area (Å²) in [6, 6.07) is -0.705. The first-order valence-corrected chi connectivity index (χ1v) is 32.1. The normalized spacial score (nSPS) is 13.1. The zero-order valence-corrected chi connectivity index (χ0v) is 48.1. The van der Waals surface area contributed by atoms with Crippen LogP contribution in [-0.2, 0) is 14.3 Å². The quantitative estimate of drug-likeness (QED) is 0.0320. The summed E-state index contributed by atoms with van der Waals surface area (Å²) in [5.41, 5.74) is 0. The van der Waals surface area contributed by atoms with E-state index in [-0.39, 0.29) is 24.9 Å². The van der Waals surface area contributed by atoms with Gasteiger partial charge in [0.05, 0.1) is 25.2 Å². The number of aliphatic hydroxyl groups is 2. The fourth-order valence-corrected chi connectivity index (χ4v) is 10.1. The average molecular weight is 1000 g/mol. The topological polar surface area (TPSA) is 95.9 Å². The highest BCUT2D eigenvalue weighted by atomic mass is 16.5. The van der Waals surface area contributed by atoms with Crippen LogP contribution in [-0.4, -0.2) is 46.9 Å². The van der Waals surface area contributed by atoms with Crippen LogP contribution < -0.4 is 5.32 Å². The van der Waals surface area contributed by atoms with Gasteiger partial charge in [0.2, 0.25) is 5.91 Å². The lowest BCUT2D eigenvalue weighted by Crippen LogP contribution is -2.46. The molecule has 3 atom stereocenters. The molecule has 0 fully saturated rings. The van der Waals surface area contributed by atoms with Gasteiger partial charge in [0.15, 0.2) is 0 Å². The van der Waals surface area contributed by atoms with Crippen LogP contribution in [0.4, 0.5) is 0 Å². The summed E-state index contributed by atoms with van der Waals surface area (Å²) in [6.45, 7) is 6.53. The van der Waals surface area contributed by atoms with E-state index in [1.54, 1.807) is 0 Å². The third-order valence-corrected chi connectivity index (χ3v) is 15.0. The Morgan fingerprint density at radius 1 is 0.394 bits per heavy atom. The van der Waals surface area contributed by atoms with E-state index in [9.17, 15) is 19.8 Å². The minimum Gasteiger partial charge on any atom is -0.462 e. The van der Waals surface area contributed by atoms with Crippen LogP contribution in [0.3, 0.4) is 0 Å². The maximum Gasteiger partial charge on any atom is 0.306 e. The SMILES string of the molecule is CCCCCCCC/C=C/CCCCCCCCCCCC(=O)OC(CCCCC/C=C/CCCCCCCCCCC)CC(=O)NC(CO)C(O)CCCCCCCCCCCCCCCCCCC. The molecular weight excluding hydrogens is 875 g/mol. The Morgan fingerprint density at radius 3 is 1.01 bits per heavy atom. The lowest BCUT2D eigenvalue weighted by Gasteiger charge is -2.24. The van der Waals surface area contributed by atoms with Crippen molar-refractivity contribution in [2.75, 3.05) is 6.61 Å². The van der Waals surface area contributed by atoms with Gasteiger partial charge >= 0.3 is 5.97 Å². The van der Waals surface area contributed by atoms with Gasteiger partial charge < -0.3 is 20.3 Å². The van der Waals surface area contributed by atoms with Crippen molar-refractivity contribution in [1.29, 1.82) is 0 Å². The molecule has 0 aliphatic carbocycles. The first kappa shape index (κ1) is 69.3. The van der Waals surface area contributed by atoms with Crippen molar-refractivity contribution in [2.24, 2.45) is 0 Å². The number of allylic oxidation sites excluding steroid dienone is 4. The van der Waals surface area contributed by atoms with Gasteiger partial charge in [0, 0.05) is 6.42 Å². The van der Waals surface area contributed by atoms with E-state index in [2.05, 4.69) is 50.4 Å². The summed E-state index contributed by atoms with van der Waals surface area (Å²) >= 11 is 0. The third kappa shape index (κ3) is 54.4. The zero-order chi connectivity index (χ0) is 51.6. The molecule has 0 saturated heterocycles. The van der Waals surface area contributed by atoms with Gasteiger partial charge in [-0.3, -0.25) is 9.59 Å². The van der Waals surface area contributed by atoms with Crippen LogP contribution in [0, 0.1) is 0 Å². The van der Waals surface area contributed by atoms with Crippen molar-refractivity contribution in [2.45, 2.75) is 373 Å². The predicted octanol–water partition coefficient (Wildman–Crippen LogP) is 20.2. The Balaban J connectivity index is 4.50. The Hall–Kier alpha value is -1.66. The number of esters is 1. The van der Waals surface area contributed by atoms with Crippen LogP contribution in [0.5, 0.6) is 0 Å². The third-order valence-electron chi connectivity index (χ3n) is 15.0. The predicted molar refractivity (Wildman–Crippen MR) is 310 cm³/mol. The summed E-state index contributed by atoms with van der Waals surface area (Å²) in [4.78, 5) is 26.4. The maximum absolute atomic E-state index is 13.3. The first-order chi connectivity index (χ1) is 35.0. The van der Waals surface area contributed by atoms with Crippen LogP contribution in [0.1, 0.15) is 355 Å². The number of hydrogen-bond donors (Lipinski definition) is 3. The van der Waals surface area contributed by atoms with E-state index in [0.717, 1.165) is 57.8 Å². The highest BCUT2D eigenvalue weighted by molar-refractivity contribution is 5.77. The largest absolute Gasteiger partial charge is 0.462 e. The summed E-state index contributed by atoms with van der Waals surface area (Å²) in [7, 11) is 0. The summed E-state index contributed by atoms with van der Waals surface area (Å²) in [5, 5.41) is 24.0. The lowest BCUT2D eigenvalue weighted by atomic mass is 10.0. The van der Waals surface area contributed by atoms with Crippen LogP contribution >= 0.6 is 0 Å². The van der Waals surface area contributed by atoms with E-state index in [1.807, 2.05) is 0 Å². The van der Waals surface area contributed by atoms with Gasteiger partial charge in [-0.2, -0.15) is 0 Å². The molecule has 71 heavy (non-hydrogen) atoms. The molecule has 0 bridgehead atoms. The Morgan fingerprint density at radius 2 is 0.676 bits per heavy atom. The number of hydrogen-bond acceptors (Lipinski definition) is 5. The molecule has 0 heterocycles. The second-order valence-corrected chi connectivity index (χ2v) is 22.2. The van der Waals surface area contributed by atoms with Gasteiger partial charge in [-0.25, -0.2) is 0 Å². The standard InChI is InChI=1S/C65H125NO5/c1-4-7-10-13-16-19-22-25-28-31-32-34-37-40-43-46-49-52-55-58-65(70)71-61(56-53-50-47-44-41-38-35-30-27-24-21-18-15-12-9-6-3)59-64(69)66-62(60-67)63(68)57-54-51-48-45-42-39-36-33-29-26-23-20-17-14-11-8-5-2/h25,28,38,41,61-63,67-68H,4-24,26-27,29-37,39-40,42-60H2,1-3H3,(H,66,69)/b28-25+,41-38+. The maximum atomic E-state index is 13.3. The molecule has 0 aromatic rings. The molecule has 0 aromatic heterocycles. The zero-order valence-electron chi connectivity index (χ0n) is 48.1. The minimum absolute atomic E-state index is 0.0716. The summed E-state index contributed by atoms with van der Waals surface area (Å²) < 4.78 is 5.98. The number of carbonyl (C=O) groups is 2. The fraction of sp³-hybridized carbons (Fsp3) is 0.908. The van der Waals surface area contributed by atoms with Gasteiger partial charge in [-0.1, -0.05) is 289 Å². The highest BCUT2D eigenvalue weighted by Gasteiger charge is 2.24. The molecule has 0 aliphatic heterocycles. The number of carbonyl (C=O) groups excluding carboxylic acids is 2. The second kappa shape index (κ2) is 59.2. The van der Waals surface area contributed by atoms with Gasteiger partial charge in [0.1, 0.15) is 6.10 Å². The summed E-state index contributed by atoms with van der Waals surface area (Å²) in [6.07, 6.45) is 71.1. The van der Waals surface area contributed by atoms with Crippen LogP contribution in [0.15, 0.2) is 24.3 Å². The van der Waals surface area contributed by atoms with Crippen LogP contribution in [0.25, 0.3) is 0 Å². The number of ether oxygens (including phenoxy) is 1. The number of amides is 1.